The van der Waals surface area contributed by atoms with Crippen LogP contribution in [-0.2, 0) is 6.54 Å². The summed E-state index contributed by atoms with van der Waals surface area (Å²) < 4.78 is 13.4. The van der Waals surface area contributed by atoms with Crippen LogP contribution in [0.25, 0.3) is 0 Å². The largest absolute Gasteiger partial charge is 0.302 e. The van der Waals surface area contributed by atoms with Crippen LogP contribution in [0.4, 0.5) is 4.39 Å². The molecule has 0 fully saturated rings. The highest BCUT2D eigenvalue weighted by Crippen LogP contribution is 2.16. The first-order valence-corrected chi connectivity index (χ1v) is 6.55. The molecule has 0 spiro atoms. The van der Waals surface area contributed by atoms with E-state index >= 15 is 0 Å². The first-order chi connectivity index (χ1) is 7.49. The molecule has 0 N–H and O–H groups in total. The summed E-state index contributed by atoms with van der Waals surface area (Å²) in [6.45, 7) is 3.62. The van der Waals surface area contributed by atoms with Crippen LogP contribution in [0.5, 0.6) is 0 Å². The molecule has 1 nitrogen and oxygen atoms in total. The maximum atomic E-state index is 13.4. The molecule has 1 unspecified atom stereocenters. The third kappa shape index (κ3) is 4.81. The molecule has 90 valence electrons. The lowest BCUT2D eigenvalue weighted by Crippen LogP contribution is -2.21. The molecule has 0 radical (unpaired) electrons. The van der Waals surface area contributed by atoms with Gasteiger partial charge in [0.15, 0.2) is 0 Å². The van der Waals surface area contributed by atoms with Crippen molar-refractivity contribution in [3.8, 4) is 0 Å². The molecule has 1 rings (SSSR count). The lowest BCUT2D eigenvalue weighted by Gasteiger charge is -2.17. The second-order valence-corrected chi connectivity index (χ2v) is 6.04. The number of hydrogen-bond acceptors (Lipinski definition) is 1. The topological polar surface area (TPSA) is 3.24 Å². The first kappa shape index (κ1) is 13.9. The Morgan fingerprint density at radius 3 is 2.81 bits per heavy atom. The van der Waals surface area contributed by atoms with E-state index in [4.69, 9.17) is 11.6 Å². The summed E-state index contributed by atoms with van der Waals surface area (Å²) in [6.07, 6.45) is 1.04. The third-order valence-electron chi connectivity index (χ3n) is 2.36. The molecule has 0 aromatic heterocycles. The number of rotatable bonds is 5. The van der Waals surface area contributed by atoms with Gasteiger partial charge in [-0.25, -0.2) is 4.39 Å². The molecule has 0 heterocycles. The molecule has 1 atom stereocenters. The summed E-state index contributed by atoms with van der Waals surface area (Å²) in [7, 11) is 1.98. The van der Waals surface area contributed by atoms with Crippen LogP contribution < -0.4 is 0 Å². The fraction of sp³-hybridized carbons (Fsp3) is 0.500. The average Bonchev–Trinajstić information content (AvgIpc) is 2.20. The molecular weight excluding hydrogens is 292 g/mol. The van der Waals surface area contributed by atoms with E-state index in [0.29, 0.717) is 22.0 Å². The molecule has 0 aliphatic heterocycles. The van der Waals surface area contributed by atoms with Crippen LogP contribution in [0.15, 0.2) is 18.2 Å². The molecule has 16 heavy (non-hydrogen) atoms. The van der Waals surface area contributed by atoms with Gasteiger partial charge in [0.2, 0.25) is 0 Å². The Kier molecular flexibility index (Phi) is 5.73. The summed E-state index contributed by atoms with van der Waals surface area (Å²) in [5.74, 6) is -0.192. The van der Waals surface area contributed by atoms with E-state index < -0.39 is 0 Å². The monoisotopic (exact) mass is 307 g/mol. The van der Waals surface area contributed by atoms with Crippen molar-refractivity contribution in [2.75, 3.05) is 13.6 Å². The van der Waals surface area contributed by atoms with Crippen molar-refractivity contribution in [3.63, 3.8) is 0 Å². The molecule has 0 saturated heterocycles. The van der Waals surface area contributed by atoms with Crippen LogP contribution in [-0.4, -0.2) is 23.3 Å². The van der Waals surface area contributed by atoms with Gasteiger partial charge in [-0.1, -0.05) is 34.5 Å². The van der Waals surface area contributed by atoms with E-state index in [-0.39, 0.29) is 5.82 Å². The molecule has 0 aliphatic carbocycles. The Labute approximate surface area is 110 Å². The highest BCUT2D eigenvalue weighted by Gasteiger charge is 2.07. The van der Waals surface area contributed by atoms with Crippen molar-refractivity contribution in [2.45, 2.75) is 24.7 Å². The molecule has 0 bridgehead atoms. The lowest BCUT2D eigenvalue weighted by atomic mass is 10.2. The number of halogens is 3. The first-order valence-electron chi connectivity index (χ1n) is 5.25. The Hall–Kier alpha value is -0.120. The molecular formula is C12H16BrClFN. The smallest absolute Gasteiger partial charge is 0.127 e. The number of hydrogen-bond donors (Lipinski definition) is 0. The molecule has 1 aromatic carbocycles. The van der Waals surface area contributed by atoms with Gasteiger partial charge < -0.3 is 4.90 Å². The van der Waals surface area contributed by atoms with Crippen molar-refractivity contribution < 1.29 is 4.39 Å². The van der Waals surface area contributed by atoms with Crippen LogP contribution in [0.1, 0.15) is 18.9 Å². The van der Waals surface area contributed by atoms with Crippen molar-refractivity contribution in [2.24, 2.45) is 0 Å². The van der Waals surface area contributed by atoms with Crippen LogP contribution in [0.3, 0.4) is 0 Å². The van der Waals surface area contributed by atoms with E-state index in [1.807, 2.05) is 7.05 Å². The molecule has 1 aromatic rings. The lowest BCUT2D eigenvalue weighted by molar-refractivity contribution is 0.317. The van der Waals surface area contributed by atoms with Crippen molar-refractivity contribution in [1.29, 1.82) is 0 Å². The van der Waals surface area contributed by atoms with Crippen LogP contribution >= 0.6 is 27.5 Å². The predicted molar refractivity (Wildman–Crippen MR) is 70.8 cm³/mol. The van der Waals surface area contributed by atoms with E-state index in [2.05, 4.69) is 27.8 Å². The third-order valence-corrected chi connectivity index (χ3v) is 3.05. The fourth-order valence-electron chi connectivity index (χ4n) is 1.43. The van der Waals surface area contributed by atoms with E-state index in [1.54, 1.807) is 12.1 Å². The highest BCUT2D eigenvalue weighted by atomic mass is 79.9. The van der Waals surface area contributed by atoms with Gasteiger partial charge in [-0.2, -0.15) is 0 Å². The Bertz CT molecular complexity index is 344. The minimum atomic E-state index is -0.192. The summed E-state index contributed by atoms with van der Waals surface area (Å²) in [6, 6.07) is 4.67. The standard InChI is InChI=1S/C12H16BrClFN/c1-9(13)5-6-16(2)8-10-7-11(14)3-4-12(10)15/h3-4,7,9H,5-6,8H2,1-2H3. The summed E-state index contributed by atoms with van der Waals surface area (Å²) in [5, 5.41) is 0.582. The second kappa shape index (κ2) is 6.58. The van der Waals surface area contributed by atoms with Gasteiger partial charge in [0.05, 0.1) is 0 Å². The number of nitrogens with zero attached hydrogens (tertiary/aromatic N) is 1. The van der Waals surface area contributed by atoms with Crippen molar-refractivity contribution in [3.05, 3.63) is 34.6 Å². The van der Waals surface area contributed by atoms with Gasteiger partial charge in [-0.15, -0.1) is 0 Å². The summed E-state index contributed by atoms with van der Waals surface area (Å²) >= 11 is 9.33. The minimum Gasteiger partial charge on any atom is -0.302 e. The highest BCUT2D eigenvalue weighted by molar-refractivity contribution is 9.09. The molecule has 0 saturated carbocycles. The Morgan fingerprint density at radius 2 is 2.19 bits per heavy atom. The Morgan fingerprint density at radius 1 is 1.50 bits per heavy atom. The number of alkyl halides is 1. The fourth-order valence-corrected chi connectivity index (χ4v) is 1.83. The minimum absolute atomic E-state index is 0.192. The van der Waals surface area contributed by atoms with Crippen LogP contribution in [0, 0.1) is 5.82 Å². The number of benzene rings is 1. The summed E-state index contributed by atoms with van der Waals surface area (Å²) in [4.78, 5) is 2.58. The van der Waals surface area contributed by atoms with E-state index in [9.17, 15) is 4.39 Å². The van der Waals surface area contributed by atoms with Gasteiger partial charge in [-0.3, -0.25) is 0 Å². The zero-order chi connectivity index (χ0) is 12.1. The van der Waals surface area contributed by atoms with Gasteiger partial charge in [0, 0.05) is 22.0 Å². The maximum Gasteiger partial charge on any atom is 0.127 e. The zero-order valence-electron chi connectivity index (χ0n) is 9.51. The van der Waals surface area contributed by atoms with Crippen molar-refractivity contribution >= 4 is 27.5 Å². The van der Waals surface area contributed by atoms with E-state index in [1.165, 1.54) is 6.07 Å². The normalized spacial score (nSPS) is 13.1. The quantitative estimate of drug-likeness (QED) is 0.741. The average molecular weight is 309 g/mol. The SMILES string of the molecule is CC(Br)CCN(C)Cc1cc(Cl)ccc1F. The van der Waals surface area contributed by atoms with Gasteiger partial charge in [-0.05, 0) is 38.2 Å². The zero-order valence-corrected chi connectivity index (χ0v) is 11.9. The maximum absolute atomic E-state index is 13.4. The van der Waals surface area contributed by atoms with Gasteiger partial charge in [0.1, 0.15) is 5.82 Å². The van der Waals surface area contributed by atoms with Crippen LogP contribution in [0.2, 0.25) is 5.02 Å². The van der Waals surface area contributed by atoms with E-state index in [0.717, 1.165) is 13.0 Å². The predicted octanol–water partition coefficient (Wildman–Crippen LogP) is 4.08. The van der Waals surface area contributed by atoms with Crippen molar-refractivity contribution in [1.82, 2.24) is 4.90 Å². The van der Waals surface area contributed by atoms with Gasteiger partial charge >= 0.3 is 0 Å². The Balaban J connectivity index is 2.55. The molecule has 4 heteroatoms. The van der Waals surface area contributed by atoms with Gasteiger partial charge in [0.25, 0.3) is 0 Å². The molecule has 0 aliphatic rings. The second-order valence-electron chi connectivity index (χ2n) is 4.04. The summed E-state index contributed by atoms with van der Waals surface area (Å²) in [5.41, 5.74) is 0.650. The molecule has 0 amide bonds.